The molecule has 0 spiro atoms. The number of hydrogen-bond donors (Lipinski definition) is 0. The second kappa shape index (κ2) is 19.2. The van der Waals surface area contributed by atoms with E-state index in [0.717, 1.165) is 48.3 Å². The normalized spacial score (nSPS) is 20.8. The second-order valence-corrected chi connectivity index (χ2v) is 12.2. The van der Waals surface area contributed by atoms with Crippen molar-refractivity contribution >= 4 is 0 Å². The van der Waals surface area contributed by atoms with Crippen molar-refractivity contribution in [2.75, 3.05) is 92.5 Å². The first-order valence-corrected chi connectivity index (χ1v) is 17.1. The van der Waals surface area contributed by atoms with Crippen molar-refractivity contribution in [3.63, 3.8) is 0 Å². The fraction of sp³-hybridized carbons (Fsp3) is 0.579. The first-order chi connectivity index (χ1) is 22.7. The molecular formula is C38H52O8. The summed E-state index contributed by atoms with van der Waals surface area (Å²) >= 11 is 0. The summed E-state index contributed by atoms with van der Waals surface area (Å²) in [5.74, 6) is 1.77. The average Bonchev–Trinajstić information content (AvgIpc) is 3.08. The van der Waals surface area contributed by atoms with Gasteiger partial charge in [0, 0.05) is 11.1 Å². The van der Waals surface area contributed by atoms with Gasteiger partial charge in [-0.3, -0.25) is 0 Å². The third kappa shape index (κ3) is 10.4. The van der Waals surface area contributed by atoms with Crippen LogP contribution in [0, 0.1) is 0 Å². The van der Waals surface area contributed by atoms with Gasteiger partial charge in [0.2, 0.25) is 0 Å². The van der Waals surface area contributed by atoms with Crippen molar-refractivity contribution in [2.45, 2.75) is 51.4 Å². The van der Waals surface area contributed by atoms with Gasteiger partial charge in [-0.25, -0.2) is 0 Å². The lowest BCUT2D eigenvalue weighted by molar-refractivity contribution is -0.0152. The lowest BCUT2D eigenvalue weighted by Crippen LogP contribution is -2.16. The highest BCUT2D eigenvalue weighted by Gasteiger charge is 2.26. The first-order valence-electron chi connectivity index (χ1n) is 17.1. The Morgan fingerprint density at radius 1 is 0.391 bits per heavy atom. The molecule has 0 amide bonds. The van der Waals surface area contributed by atoms with Crippen LogP contribution in [0.1, 0.15) is 47.9 Å². The molecule has 252 valence electrons. The van der Waals surface area contributed by atoms with Gasteiger partial charge in [0.05, 0.1) is 79.3 Å². The molecule has 1 heterocycles. The van der Waals surface area contributed by atoms with Gasteiger partial charge < -0.3 is 37.9 Å². The number of hydrogen-bond acceptors (Lipinski definition) is 8. The molecule has 1 aliphatic heterocycles. The topological polar surface area (TPSA) is 73.8 Å². The largest absolute Gasteiger partial charge is 0.489 e. The zero-order valence-electron chi connectivity index (χ0n) is 27.5. The molecule has 8 nitrogen and oxygen atoms in total. The zero-order valence-corrected chi connectivity index (χ0v) is 27.5. The molecule has 2 aromatic carbocycles. The summed E-state index contributed by atoms with van der Waals surface area (Å²) in [6.07, 6.45) is 9.03. The Labute approximate surface area is 274 Å². The van der Waals surface area contributed by atoms with E-state index in [2.05, 4.69) is 37.4 Å². The Balaban J connectivity index is 1.35. The Morgan fingerprint density at radius 2 is 0.739 bits per heavy atom. The van der Waals surface area contributed by atoms with Crippen molar-refractivity contribution in [3.05, 3.63) is 70.8 Å². The standard InChI is InChI=1S/C38H52O8/c1-29-25-43-23-21-41-19-17-39-15-16-40-18-20-42-22-24-44-26-30(2)28-46-36-14-12-32-8-4-6-10-34(32)38(36)37-33-9-5-3-7-31(33)11-13-35(37)45-27-29/h11-14H,1-10,15-28H2. The van der Waals surface area contributed by atoms with E-state index >= 15 is 0 Å². The molecule has 2 aromatic rings. The van der Waals surface area contributed by atoms with E-state index in [0.29, 0.717) is 92.5 Å². The van der Waals surface area contributed by atoms with Crippen LogP contribution in [-0.4, -0.2) is 92.5 Å². The molecule has 0 radical (unpaired) electrons. The molecule has 0 bridgehead atoms. The summed E-state index contributed by atoms with van der Waals surface area (Å²) < 4.78 is 47.2. The van der Waals surface area contributed by atoms with E-state index < -0.39 is 0 Å². The summed E-state index contributed by atoms with van der Waals surface area (Å²) in [7, 11) is 0. The summed E-state index contributed by atoms with van der Waals surface area (Å²) in [4.78, 5) is 0. The molecule has 0 N–H and O–H groups in total. The Morgan fingerprint density at radius 3 is 1.13 bits per heavy atom. The molecule has 0 aromatic heterocycles. The lowest BCUT2D eigenvalue weighted by Gasteiger charge is -2.28. The van der Waals surface area contributed by atoms with Crippen molar-refractivity contribution < 1.29 is 37.9 Å². The van der Waals surface area contributed by atoms with Crippen LogP contribution < -0.4 is 9.47 Å². The van der Waals surface area contributed by atoms with Crippen molar-refractivity contribution in [3.8, 4) is 22.6 Å². The fourth-order valence-electron chi connectivity index (χ4n) is 6.28. The molecule has 5 rings (SSSR count). The summed E-state index contributed by atoms with van der Waals surface area (Å²) in [6, 6.07) is 8.80. The van der Waals surface area contributed by atoms with Gasteiger partial charge in [-0.15, -0.1) is 0 Å². The SMILES string of the molecule is C=C1COCCOCCOCCOCCOCCOCC(=C)COc2ccc3c(c2-c2c(ccc4c2CCCC4)OC1)CCCC3. The summed E-state index contributed by atoms with van der Waals surface area (Å²) in [5.41, 5.74) is 9.75. The highest BCUT2D eigenvalue weighted by molar-refractivity contribution is 5.83. The zero-order chi connectivity index (χ0) is 31.8. The van der Waals surface area contributed by atoms with E-state index in [1.54, 1.807) is 0 Å². The van der Waals surface area contributed by atoms with Gasteiger partial charge in [-0.1, -0.05) is 25.3 Å². The molecule has 0 unspecified atom stereocenters. The third-order valence-electron chi connectivity index (χ3n) is 8.58. The van der Waals surface area contributed by atoms with Gasteiger partial charge in [0.25, 0.3) is 0 Å². The number of aryl methyl sites for hydroxylation is 2. The van der Waals surface area contributed by atoms with Crippen LogP contribution in [0.4, 0.5) is 0 Å². The van der Waals surface area contributed by atoms with Gasteiger partial charge in [0.15, 0.2) is 0 Å². The second-order valence-electron chi connectivity index (χ2n) is 12.2. The highest BCUT2D eigenvalue weighted by atomic mass is 16.6. The molecule has 3 aliphatic rings. The van der Waals surface area contributed by atoms with Crippen LogP contribution in [0.25, 0.3) is 11.1 Å². The number of fused-ring (bicyclic) bond motifs is 7. The quantitative estimate of drug-likeness (QED) is 0.322. The maximum atomic E-state index is 6.57. The lowest BCUT2D eigenvalue weighted by atomic mass is 9.80. The van der Waals surface area contributed by atoms with E-state index in [9.17, 15) is 0 Å². The first kappa shape index (κ1) is 34.6. The van der Waals surface area contributed by atoms with E-state index in [4.69, 9.17) is 37.9 Å². The number of benzene rings is 2. The number of rotatable bonds is 0. The van der Waals surface area contributed by atoms with Crippen LogP contribution in [0.3, 0.4) is 0 Å². The van der Waals surface area contributed by atoms with Crippen molar-refractivity contribution in [2.24, 2.45) is 0 Å². The van der Waals surface area contributed by atoms with E-state index in [1.807, 2.05) is 0 Å². The molecule has 0 saturated carbocycles. The maximum Gasteiger partial charge on any atom is 0.128 e. The number of ether oxygens (including phenoxy) is 8. The van der Waals surface area contributed by atoms with Crippen LogP contribution in [0.5, 0.6) is 11.5 Å². The van der Waals surface area contributed by atoms with Gasteiger partial charge in [-0.05, 0) is 96.9 Å². The Bertz CT molecular complexity index is 1170. The molecular weight excluding hydrogens is 584 g/mol. The molecule has 0 fully saturated rings. The Hall–Kier alpha value is -2.72. The minimum Gasteiger partial charge on any atom is -0.489 e. The minimum absolute atomic E-state index is 0.381. The van der Waals surface area contributed by atoms with Gasteiger partial charge in [-0.2, -0.15) is 0 Å². The van der Waals surface area contributed by atoms with E-state index in [1.165, 1.54) is 59.1 Å². The highest BCUT2D eigenvalue weighted by Crippen LogP contribution is 2.47. The van der Waals surface area contributed by atoms with Crippen LogP contribution in [-0.2, 0) is 54.1 Å². The molecule has 0 saturated heterocycles. The van der Waals surface area contributed by atoms with Crippen LogP contribution in [0.15, 0.2) is 48.6 Å². The summed E-state index contributed by atoms with van der Waals surface area (Å²) in [5, 5.41) is 0. The van der Waals surface area contributed by atoms with Crippen LogP contribution in [0.2, 0.25) is 0 Å². The van der Waals surface area contributed by atoms with Crippen molar-refractivity contribution in [1.82, 2.24) is 0 Å². The smallest absolute Gasteiger partial charge is 0.128 e. The Kier molecular flexibility index (Phi) is 14.4. The average molecular weight is 637 g/mol. The predicted octanol–water partition coefficient (Wildman–Crippen LogP) is 6.09. The van der Waals surface area contributed by atoms with Gasteiger partial charge >= 0.3 is 0 Å². The fourth-order valence-corrected chi connectivity index (χ4v) is 6.28. The van der Waals surface area contributed by atoms with Gasteiger partial charge in [0.1, 0.15) is 24.7 Å². The molecule has 2 aliphatic carbocycles. The molecule has 46 heavy (non-hydrogen) atoms. The molecule has 0 atom stereocenters. The third-order valence-corrected chi connectivity index (χ3v) is 8.58. The predicted molar refractivity (Wildman–Crippen MR) is 179 cm³/mol. The van der Waals surface area contributed by atoms with E-state index in [-0.39, 0.29) is 0 Å². The summed E-state index contributed by atoms with van der Waals surface area (Å²) in [6.45, 7) is 15.1. The minimum atomic E-state index is 0.381. The monoisotopic (exact) mass is 636 g/mol. The van der Waals surface area contributed by atoms with Crippen LogP contribution >= 0.6 is 0 Å². The molecule has 8 heteroatoms. The maximum absolute atomic E-state index is 6.57. The van der Waals surface area contributed by atoms with Crippen molar-refractivity contribution in [1.29, 1.82) is 0 Å².